The van der Waals surface area contributed by atoms with Crippen LogP contribution in [-0.2, 0) is 6.54 Å². The standard InChI is InChI=1S/C24H23N5S/c1-15(2)29-14-25-27-24(29)21-6-5-7-23(26-21)28-12-19-9-8-18(11-20(19)17(28)4)22-10-16(3)13-30-22/h5-11,13-15H,4,12H2,1-3H3. The van der Waals surface area contributed by atoms with E-state index < -0.39 is 0 Å². The highest BCUT2D eigenvalue weighted by molar-refractivity contribution is 7.13. The fourth-order valence-corrected chi connectivity index (χ4v) is 4.75. The lowest BCUT2D eigenvalue weighted by Gasteiger charge is -2.19. The Balaban J connectivity index is 1.48. The highest BCUT2D eigenvalue weighted by Crippen LogP contribution is 2.38. The molecule has 0 aliphatic carbocycles. The third kappa shape index (κ3) is 3.13. The average molecular weight is 414 g/mol. The topological polar surface area (TPSA) is 46.8 Å². The second-order valence-corrected chi connectivity index (χ2v) is 8.84. The summed E-state index contributed by atoms with van der Waals surface area (Å²) in [5.41, 5.74) is 6.80. The maximum absolute atomic E-state index is 4.90. The molecule has 1 aliphatic rings. The largest absolute Gasteiger partial charge is 0.322 e. The molecule has 0 fully saturated rings. The molecule has 1 aliphatic heterocycles. The summed E-state index contributed by atoms with van der Waals surface area (Å²) < 4.78 is 2.04. The number of hydrogen-bond donors (Lipinski definition) is 0. The Morgan fingerprint density at radius 3 is 2.77 bits per heavy atom. The molecule has 150 valence electrons. The van der Waals surface area contributed by atoms with Crippen LogP contribution in [0.3, 0.4) is 0 Å². The van der Waals surface area contributed by atoms with Gasteiger partial charge in [-0.3, -0.25) is 0 Å². The van der Waals surface area contributed by atoms with Gasteiger partial charge in [-0.25, -0.2) is 4.98 Å². The summed E-state index contributed by atoms with van der Waals surface area (Å²) in [5, 5.41) is 10.6. The van der Waals surface area contributed by atoms with E-state index in [4.69, 9.17) is 4.98 Å². The molecule has 0 radical (unpaired) electrons. The van der Waals surface area contributed by atoms with Crippen LogP contribution in [0.5, 0.6) is 0 Å². The molecule has 0 N–H and O–H groups in total. The van der Waals surface area contributed by atoms with Gasteiger partial charge in [0.1, 0.15) is 17.8 Å². The van der Waals surface area contributed by atoms with E-state index in [1.165, 1.54) is 27.1 Å². The van der Waals surface area contributed by atoms with Crippen LogP contribution >= 0.6 is 11.3 Å². The van der Waals surface area contributed by atoms with Crippen LogP contribution in [-0.4, -0.2) is 19.7 Å². The van der Waals surface area contributed by atoms with E-state index in [1.54, 1.807) is 17.7 Å². The summed E-state index contributed by atoms with van der Waals surface area (Å²) in [4.78, 5) is 8.36. The first-order valence-corrected chi connectivity index (χ1v) is 10.9. The monoisotopic (exact) mass is 413 g/mol. The number of aromatic nitrogens is 4. The smallest absolute Gasteiger partial charge is 0.182 e. The molecule has 30 heavy (non-hydrogen) atoms. The Morgan fingerprint density at radius 2 is 2.00 bits per heavy atom. The summed E-state index contributed by atoms with van der Waals surface area (Å²) in [6, 6.07) is 15.2. The van der Waals surface area contributed by atoms with Crippen molar-refractivity contribution >= 4 is 22.9 Å². The van der Waals surface area contributed by atoms with E-state index >= 15 is 0 Å². The number of fused-ring (bicyclic) bond motifs is 1. The predicted molar refractivity (Wildman–Crippen MR) is 123 cm³/mol. The number of aryl methyl sites for hydroxylation is 1. The van der Waals surface area contributed by atoms with Crippen LogP contribution in [0.1, 0.15) is 36.6 Å². The number of pyridine rings is 1. The van der Waals surface area contributed by atoms with Gasteiger partial charge in [-0.15, -0.1) is 21.5 Å². The third-order valence-electron chi connectivity index (χ3n) is 5.46. The highest BCUT2D eigenvalue weighted by Gasteiger charge is 2.25. The first-order valence-electron chi connectivity index (χ1n) is 10.0. The van der Waals surface area contributed by atoms with Gasteiger partial charge in [0.15, 0.2) is 5.82 Å². The summed E-state index contributed by atoms with van der Waals surface area (Å²) in [5.74, 6) is 1.66. The van der Waals surface area contributed by atoms with Gasteiger partial charge in [-0.2, -0.15) is 0 Å². The number of thiophene rings is 1. The number of anilines is 1. The minimum atomic E-state index is 0.269. The van der Waals surface area contributed by atoms with E-state index in [2.05, 4.69) is 72.1 Å². The zero-order chi connectivity index (χ0) is 20.8. The van der Waals surface area contributed by atoms with Gasteiger partial charge in [0.25, 0.3) is 0 Å². The predicted octanol–water partition coefficient (Wildman–Crippen LogP) is 5.95. The van der Waals surface area contributed by atoms with Crippen molar-refractivity contribution in [1.82, 2.24) is 19.7 Å². The first kappa shape index (κ1) is 18.8. The van der Waals surface area contributed by atoms with E-state index in [0.29, 0.717) is 0 Å². The Bertz CT molecular complexity index is 1250. The molecule has 0 amide bonds. The van der Waals surface area contributed by atoms with Crippen LogP contribution in [0.2, 0.25) is 0 Å². The van der Waals surface area contributed by atoms with Crippen molar-refractivity contribution in [3.63, 3.8) is 0 Å². The Kier molecular flexibility index (Phi) is 4.51. The maximum Gasteiger partial charge on any atom is 0.182 e. The SMILES string of the molecule is C=C1c2cc(-c3cc(C)cs3)ccc2CN1c1cccc(-c2nncn2C(C)C)n1. The summed E-state index contributed by atoms with van der Waals surface area (Å²) in [6.45, 7) is 11.5. The van der Waals surface area contributed by atoms with E-state index in [-0.39, 0.29) is 6.04 Å². The van der Waals surface area contributed by atoms with Gasteiger partial charge in [0, 0.05) is 22.2 Å². The highest BCUT2D eigenvalue weighted by atomic mass is 32.1. The molecule has 6 heteroatoms. The van der Waals surface area contributed by atoms with E-state index in [9.17, 15) is 0 Å². The molecule has 0 bridgehead atoms. The van der Waals surface area contributed by atoms with Crippen LogP contribution in [0.15, 0.2) is 60.8 Å². The molecular weight excluding hydrogens is 390 g/mol. The summed E-state index contributed by atoms with van der Waals surface area (Å²) >= 11 is 1.78. The van der Waals surface area contributed by atoms with Crippen LogP contribution < -0.4 is 4.90 Å². The summed E-state index contributed by atoms with van der Waals surface area (Å²) in [7, 11) is 0. The zero-order valence-corrected chi connectivity index (χ0v) is 18.1. The first-order chi connectivity index (χ1) is 14.5. The van der Waals surface area contributed by atoms with Crippen molar-refractivity contribution in [1.29, 1.82) is 0 Å². The van der Waals surface area contributed by atoms with Gasteiger partial charge >= 0.3 is 0 Å². The molecule has 0 atom stereocenters. The Morgan fingerprint density at radius 1 is 1.13 bits per heavy atom. The normalized spacial score (nSPS) is 13.3. The summed E-state index contributed by atoms with van der Waals surface area (Å²) in [6.07, 6.45) is 1.76. The third-order valence-corrected chi connectivity index (χ3v) is 6.56. The van der Waals surface area contributed by atoms with Gasteiger partial charge in [0.2, 0.25) is 0 Å². The number of rotatable bonds is 4. The van der Waals surface area contributed by atoms with Gasteiger partial charge in [-0.05, 0) is 67.1 Å². The van der Waals surface area contributed by atoms with Crippen LogP contribution in [0.25, 0.3) is 27.7 Å². The van der Waals surface area contributed by atoms with Gasteiger partial charge in [-0.1, -0.05) is 24.8 Å². The van der Waals surface area contributed by atoms with Crippen molar-refractivity contribution in [3.8, 4) is 22.0 Å². The molecule has 1 aromatic carbocycles. The van der Waals surface area contributed by atoms with Gasteiger partial charge in [0.05, 0.1) is 6.54 Å². The number of nitrogens with zero attached hydrogens (tertiary/aromatic N) is 5. The Labute approximate surface area is 180 Å². The lowest BCUT2D eigenvalue weighted by molar-refractivity contribution is 0.603. The van der Waals surface area contributed by atoms with Crippen LogP contribution in [0.4, 0.5) is 5.82 Å². The van der Waals surface area contributed by atoms with Crippen molar-refractivity contribution in [2.75, 3.05) is 4.90 Å². The van der Waals surface area contributed by atoms with Crippen molar-refractivity contribution in [2.45, 2.75) is 33.4 Å². The molecule has 5 nitrogen and oxygen atoms in total. The molecule has 0 spiro atoms. The lowest BCUT2D eigenvalue weighted by atomic mass is 10.0. The molecule has 0 saturated carbocycles. The van der Waals surface area contributed by atoms with Gasteiger partial charge < -0.3 is 9.47 Å². The van der Waals surface area contributed by atoms with Crippen molar-refractivity contribution in [3.05, 3.63) is 77.4 Å². The second-order valence-electron chi connectivity index (χ2n) is 7.93. The van der Waals surface area contributed by atoms with E-state index in [1.807, 2.05) is 22.8 Å². The molecule has 4 aromatic rings. The molecular formula is C24H23N5S. The fourth-order valence-electron chi connectivity index (χ4n) is 3.85. The number of benzene rings is 1. The number of hydrogen-bond acceptors (Lipinski definition) is 5. The molecule has 0 unspecified atom stereocenters. The molecule has 5 rings (SSSR count). The van der Waals surface area contributed by atoms with Crippen molar-refractivity contribution in [2.24, 2.45) is 0 Å². The van der Waals surface area contributed by atoms with E-state index in [0.717, 1.165) is 29.6 Å². The second kappa shape index (κ2) is 7.22. The molecule has 3 aromatic heterocycles. The fraction of sp³-hybridized carbons (Fsp3) is 0.208. The average Bonchev–Trinajstić information content (AvgIpc) is 3.47. The molecule has 0 saturated heterocycles. The van der Waals surface area contributed by atoms with Crippen LogP contribution in [0, 0.1) is 6.92 Å². The minimum absolute atomic E-state index is 0.269. The lowest BCUT2D eigenvalue weighted by Crippen LogP contribution is -2.15. The van der Waals surface area contributed by atoms with Crippen molar-refractivity contribution < 1.29 is 0 Å². The zero-order valence-electron chi connectivity index (χ0n) is 17.3. The maximum atomic E-state index is 4.90. The molecule has 4 heterocycles. The Hall–Kier alpha value is -3.25. The minimum Gasteiger partial charge on any atom is -0.322 e. The quantitative estimate of drug-likeness (QED) is 0.415.